The first-order valence-electron chi connectivity index (χ1n) is 10.4. The molecule has 1 fully saturated rings. The van der Waals surface area contributed by atoms with E-state index in [0.29, 0.717) is 25.0 Å². The largest absolute Gasteiger partial charge is 0.465 e. The van der Waals surface area contributed by atoms with Crippen LogP contribution < -0.4 is 0 Å². The predicted octanol–water partition coefficient (Wildman–Crippen LogP) is 6.14. The van der Waals surface area contributed by atoms with Crippen molar-refractivity contribution in [2.75, 3.05) is 6.61 Å². The van der Waals surface area contributed by atoms with E-state index >= 15 is 0 Å². The monoisotopic (exact) mass is 404 g/mol. The van der Waals surface area contributed by atoms with Crippen LogP contribution in [-0.4, -0.2) is 23.5 Å². The van der Waals surface area contributed by atoms with Gasteiger partial charge in [-0.2, -0.15) is 0 Å². The molecule has 1 aromatic rings. The van der Waals surface area contributed by atoms with E-state index in [0.717, 1.165) is 48.8 Å². The number of ether oxygens (including phenoxy) is 1. The number of carbonyl (C=O) groups excluding carboxylic acids is 2. The highest BCUT2D eigenvalue weighted by atomic mass is 31.1. The van der Waals surface area contributed by atoms with Gasteiger partial charge in [0.25, 0.3) is 0 Å². The average molecular weight is 404 g/mol. The Labute approximate surface area is 170 Å². The quantitative estimate of drug-likeness (QED) is 0.226. The SMILES string of the molecule is CCCCOC(=O)C(C)(P=O)C1(C(=O)c2c(C)cc(C)cc2C)CCCCC1. The van der Waals surface area contributed by atoms with Crippen molar-refractivity contribution in [2.24, 2.45) is 5.41 Å². The molecular formula is C23H33O4P. The van der Waals surface area contributed by atoms with Crippen molar-refractivity contribution in [1.82, 2.24) is 0 Å². The summed E-state index contributed by atoms with van der Waals surface area (Å²) in [6.07, 6.45) is 5.52. The van der Waals surface area contributed by atoms with E-state index in [2.05, 4.69) is 0 Å². The Hall–Kier alpha value is -1.54. The number of unbranched alkanes of at least 4 members (excludes halogenated alkanes) is 1. The Morgan fingerprint density at radius 3 is 2.18 bits per heavy atom. The second-order valence-corrected chi connectivity index (χ2v) is 9.48. The lowest BCUT2D eigenvalue weighted by molar-refractivity contribution is -0.150. The van der Waals surface area contributed by atoms with Crippen LogP contribution in [0.15, 0.2) is 12.1 Å². The summed E-state index contributed by atoms with van der Waals surface area (Å²) in [6, 6.07) is 4.01. The van der Waals surface area contributed by atoms with Crippen molar-refractivity contribution in [2.45, 2.75) is 84.7 Å². The standard InChI is InChI=1S/C23H33O4P/c1-6-7-13-27-21(25)22(5,28-26)23(11-9-8-10-12-23)20(24)19-17(3)14-16(2)15-18(19)4/h14-15H,6-13H2,1-5H3. The molecule has 0 heterocycles. The van der Waals surface area contributed by atoms with Gasteiger partial charge in [0.2, 0.25) is 0 Å². The molecule has 0 spiro atoms. The van der Waals surface area contributed by atoms with Crippen LogP contribution in [0.5, 0.6) is 0 Å². The van der Waals surface area contributed by atoms with Gasteiger partial charge in [-0.1, -0.05) is 50.3 Å². The van der Waals surface area contributed by atoms with Gasteiger partial charge in [-0.25, -0.2) is 0 Å². The van der Waals surface area contributed by atoms with Crippen molar-refractivity contribution in [3.05, 3.63) is 34.4 Å². The molecule has 0 aliphatic heterocycles. The molecule has 2 rings (SSSR count). The molecule has 0 bridgehead atoms. The number of ketones is 1. The molecule has 4 nitrogen and oxygen atoms in total. The van der Waals surface area contributed by atoms with Crippen LogP contribution in [0.3, 0.4) is 0 Å². The van der Waals surface area contributed by atoms with E-state index in [9.17, 15) is 14.2 Å². The molecular weight excluding hydrogens is 371 g/mol. The first-order valence-corrected chi connectivity index (χ1v) is 11.2. The number of aryl methyl sites for hydroxylation is 3. The lowest BCUT2D eigenvalue weighted by atomic mass is 9.61. The Morgan fingerprint density at radius 2 is 1.68 bits per heavy atom. The van der Waals surface area contributed by atoms with E-state index < -0.39 is 16.5 Å². The zero-order chi connectivity index (χ0) is 20.9. The Balaban J connectivity index is 2.55. The van der Waals surface area contributed by atoms with Crippen LogP contribution in [0.4, 0.5) is 0 Å². The number of carbonyl (C=O) groups is 2. The van der Waals surface area contributed by atoms with Gasteiger partial charge in [0, 0.05) is 5.56 Å². The molecule has 28 heavy (non-hydrogen) atoms. The van der Waals surface area contributed by atoms with Crippen molar-refractivity contribution < 1.29 is 18.9 Å². The predicted molar refractivity (Wildman–Crippen MR) is 112 cm³/mol. The van der Waals surface area contributed by atoms with Gasteiger partial charge in [0.05, 0.1) is 12.0 Å². The molecule has 0 amide bonds. The Kier molecular flexibility index (Phi) is 7.56. The van der Waals surface area contributed by atoms with Gasteiger partial charge in [0.1, 0.15) is 0 Å². The third-order valence-electron chi connectivity index (χ3n) is 6.29. The molecule has 0 saturated heterocycles. The lowest BCUT2D eigenvalue weighted by Crippen LogP contribution is -2.54. The first-order chi connectivity index (χ1) is 13.2. The number of esters is 1. The van der Waals surface area contributed by atoms with Gasteiger partial charge in [-0.3, -0.25) is 14.2 Å². The van der Waals surface area contributed by atoms with Crippen molar-refractivity contribution in [1.29, 1.82) is 0 Å². The van der Waals surface area contributed by atoms with Gasteiger partial charge in [0.15, 0.2) is 19.4 Å². The topological polar surface area (TPSA) is 60.4 Å². The van der Waals surface area contributed by atoms with Gasteiger partial charge >= 0.3 is 5.97 Å². The van der Waals surface area contributed by atoms with Gasteiger partial charge in [-0.05, 0) is 58.1 Å². The molecule has 154 valence electrons. The molecule has 1 aliphatic rings. The summed E-state index contributed by atoms with van der Waals surface area (Å²) in [4.78, 5) is 27.0. The van der Waals surface area contributed by atoms with E-state index in [1.54, 1.807) is 6.92 Å². The highest BCUT2D eigenvalue weighted by Crippen LogP contribution is 2.54. The molecule has 0 N–H and O–H groups in total. The van der Waals surface area contributed by atoms with Crippen LogP contribution in [0.25, 0.3) is 0 Å². The summed E-state index contributed by atoms with van der Waals surface area (Å²) in [5.41, 5.74) is 2.60. The summed E-state index contributed by atoms with van der Waals surface area (Å²) in [7, 11) is -0.342. The normalized spacial score (nSPS) is 18.5. The third-order valence-corrected chi connectivity index (χ3v) is 7.26. The second kappa shape index (κ2) is 9.31. The molecule has 1 aromatic carbocycles. The molecule has 0 radical (unpaired) electrons. The molecule has 5 heteroatoms. The van der Waals surface area contributed by atoms with Gasteiger partial charge < -0.3 is 4.74 Å². The summed E-state index contributed by atoms with van der Waals surface area (Å²) < 4.78 is 17.9. The second-order valence-electron chi connectivity index (χ2n) is 8.40. The van der Waals surface area contributed by atoms with Crippen molar-refractivity contribution in [3.63, 3.8) is 0 Å². The van der Waals surface area contributed by atoms with Crippen LogP contribution in [-0.2, 0) is 14.1 Å². The van der Waals surface area contributed by atoms with E-state index in [1.807, 2.05) is 39.8 Å². The maximum absolute atomic E-state index is 14.0. The first kappa shape index (κ1) is 22.7. The fourth-order valence-corrected chi connectivity index (χ4v) is 5.28. The average Bonchev–Trinajstić information content (AvgIpc) is 2.66. The molecule has 0 aromatic heterocycles. The lowest BCUT2D eigenvalue weighted by Gasteiger charge is -2.44. The fraction of sp³-hybridized carbons (Fsp3) is 0.652. The van der Waals surface area contributed by atoms with E-state index in [1.165, 1.54) is 0 Å². The molecule has 1 saturated carbocycles. The van der Waals surface area contributed by atoms with Crippen LogP contribution in [0, 0.1) is 26.2 Å². The number of hydrogen-bond donors (Lipinski definition) is 0. The van der Waals surface area contributed by atoms with Crippen molar-refractivity contribution >= 4 is 20.2 Å². The van der Waals surface area contributed by atoms with Crippen LogP contribution in [0.2, 0.25) is 0 Å². The molecule has 1 atom stereocenters. The zero-order valence-electron chi connectivity index (χ0n) is 17.9. The van der Waals surface area contributed by atoms with Crippen LogP contribution >= 0.6 is 8.46 Å². The maximum Gasteiger partial charge on any atom is 0.324 e. The maximum atomic E-state index is 14.0. The Morgan fingerprint density at radius 1 is 1.11 bits per heavy atom. The van der Waals surface area contributed by atoms with Crippen molar-refractivity contribution in [3.8, 4) is 0 Å². The highest BCUT2D eigenvalue weighted by Gasteiger charge is 2.60. The minimum atomic E-state index is -1.37. The highest BCUT2D eigenvalue weighted by molar-refractivity contribution is 7.28. The summed E-state index contributed by atoms with van der Waals surface area (Å²) in [5, 5.41) is -1.37. The van der Waals surface area contributed by atoms with E-state index in [4.69, 9.17) is 4.74 Å². The van der Waals surface area contributed by atoms with Gasteiger partial charge in [-0.15, -0.1) is 0 Å². The third kappa shape index (κ3) is 4.08. The zero-order valence-corrected chi connectivity index (χ0v) is 18.8. The summed E-state index contributed by atoms with van der Waals surface area (Å²) in [6.45, 7) is 9.86. The minimum Gasteiger partial charge on any atom is -0.465 e. The Bertz CT molecular complexity index is 726. The fourth-order valence-electron chi connectivity index (χ4n) is 4.64. The molecule has 1 aliphatic carbocycles. The number of rotatable bonds is 8. The number of benzene rings is 1. The molecule has 1 unspecified atom stereocenters. The number of hydrogen-bond acceptors (Lipinski definition) is 4. The summed E-state index contributed by atoms with van der Waals surface area (Å²) >= 11 is 0. The van der Waals surface area contributed by atoms with E-state index in [-0.39, 0.29) is 14.2 Å². The number of Topliss-reactive ketones (excluding diaryl/α,β-unsaturated/α-hetero) is 1. The smallest absolute Gasteiger partial charge is 0.324 e. The van der Waals surface area contributed by atoms with Crippen LogP contribution in [0.1, 0.15) is 85.8 Å². The summed E-state index contributed by atoms with van der Waals surface area (Å²) in [5.74, 6) is -0.573. The minimum absolute atomic E-state index is 0.0551.